The summed E-state index contributed by atoms with van der Waals surface area (Å²) in [5.41, 5.74) is 1.00. The largest absolute Gasteiger partial charge is 0.278 e. The number of halogens is 1. The number of H-pyrrole nitrogens is 1. The summed E-state index contributed by atoms with van der Waals surface area (Å²) in [6.45, 7) is 0. The average molecular weight is 173 g/mol. The topological polar surface area (TPSA) is 28.7 Å². The van der Waals surface area contributed by atoms with Gasteiger partial charge in [0.1, 0.15) is 0 Å². The molecule has 0 bridgehead atoms. The van der Waals surface area contributed by atoms with Crippen molar-refractivity contribution in [1.29, 1.82) is 0 Å². The number of aromatic nitrogens is 2. The van der Waals surface area contributed by atoms with E-state index < -0.39 is 0 Å². The first kappa shape index (κ1) is 5.56. The molecule has 0 fully saturated rings. The van der Waals surface area contributed by atoms with Crippen molar-refractivity contribution < 1.29 is 0 Å². The number of nitrogens with one attached hydrogen (secondary N) is 1. The third-order valence-electron chi connectivity index (χ3n) is 0.765. The number of rotatable bonds is 1. The fourth-order valence-electron chi connectivity index (χ4n) is 0.427. The van der Waals surface area contributed by atoms with Gasteiger partial charge in [-0.1, -0.05) is 15.9 Å². The molecule has 1 heterocycles. The lowest BCUT2D eigenvalue weighted by Crippen LogP contribution is -1.67. The van der Waals surface area contributed by atoms with Crippen LogP contribution in [-0.2, 0) is 0 Å². The van der Waals surface area contributed by atoms with Crippen LogP contribution in [-0.4, -0.2) is 10.2 Å². The van der Waals surface area contributed by atoms with Gasteiger partial charge in [0, 0.05) is 6.20 Å². The highest BCUT2D eigenvalue weighted by atomic mass is 79.9. The van der Waals surface area contributed by atoms with Gasteiger partial charge < -0.3 is 0 Å². The zero-order valence-electron chi connectivity index (χ0n) is 4.13. The van der Waals surface area contributed by atoms with Crippen LogP contribution in [0.2, 0.25) is 0 Å². The van der Waals surface area contributed by atoms with Crippen molar-refractivity contribution in [3.63, 3.8) is 0 Å². The highest BCUT2D eigenvalue weighted by Crippen LogP contribution is 1.96. The van der Waals surface area contributed by atoms with Crippen molar-refractivity contribution in [2.24, 2.45) is 0 Å². The van der Waals surface area contributed by atoms with Crippen LogP contribution in [0.1, 0.15) is 5.69 Å². The lowest BCUT2D eigenvalue weighted by molar-refractivity contribution is 1.08. The minimum absolute atomic E-state index is 1.00. The quantitative estimate of drug-likeness (QED) is 0.688. The number of hydrogen-bond donors (Lipinski definition) is 1. The van der Waals surface area contributed by atoms with Gasteiger partial charge in [-0.3, -0.25) is 5.10 Å². The zero-order chi connectivity index (χ0) is 5.82. The molecule has 0 atom stereocenters. The van der Waals surface area contributed by atoms with Crippen molar-refractivity contribution in [3.8, 4) is 0 Å². The summed E-state index contributed by atoms with van der Waals surface area (Å²) >= 11 is 3.14. The Morgan fingerprint density at radius 2 is 2.62 bits per heavy atom. The van der Waals surface area contributed by atoms with Crippen LogP contribution in [0.15, 0.2) is 17.2 Å². The van der Waals surface area contributed by atoms with Crippen LogP contribution in [0.4, 0.5) is 0 Å². The number of hydrogen-bond acceptors (Lipinski definition) is 1. The summed E-state index contributed by atoms with van der Waals surface area (Å²) in [6.07, 6.45) is 3.59. The number of nitrogens with zero attached hydrogens (tertiary/aromatic N) is 1. The smallest absolute Gasteiger partial charge is 0.0582 e. The summed E-state index contributed by atoms with van der Waals surface area (Å²) in [5.74, 6) is 0. The molecule has 8 heavy (non-hydrogen) atoms. The second-order valence-corrected chi connectivity index (χ2v) is 1.83. The van der Waals surface area contributed by atoms with E-state index >= 15 is 0 Å². The van der Waals surface area contributed by atoms with Crippen LogP contribution < -0.4 is 0 Å². The van der Waals surface area contributed by atoms with Crippen LogP contribution in [0.3, 0.4) is 0 Å². The predicted octanol–water partition coefficient (Wildman–Crippen LogP) is 1.78. The Kier molecular flexibility index (Phi) is 1.86. The van der Waals surface area contributed by atoms with Crippen LogP contribution in [0.25, 0.3) is 6.08 Å². The maximum atomic E-state index is 3.74. The van der Waals surface area contributed by atoms with Crippen LogP contribution in [0, 0.1) is 0 Å². The van der Waals surface area contributed by atoms with Gasteiger partial charge in [0.2, 0.25) is 0 Å². The van der Waals surface area contributed by atoms with E-state index in [1.165, 1.54) is 0 Å². The van der Waals surface area contributed by atoms with Gasteiger partial charge in [0.15, 0.2) is 0 Å². The minimum atomic E-state index is 1.00. The molecular formula is C5H5BrN2. The predicted molar refractivity (Wildman–Crippen MR) is 36.5 cm³/mol. The Hall–Kier alpha value is -0.570. The summed E-state index contributed by atoms with van der Waals surface area (Å²) in [6, 6.07) is 1.89. The molecule has 1 rings (SSSR count). The molecule has 0 spiro atoms. The van der Waals surface area contributed by atoms with E-state index in [2.05, 4.69) is 26.1 Å². The van der Waals surface area contributed by atoms with Gasteiger partial charge in [-0.05, 0) is 17.1 Å². The van der Waals surface area contributed by atoms with Gasteiger partial charge in [0.05, 0.1) is 5.69 Å². The van der Waals surface area contributed by atoms with Crippen molar-refractivity contribution in [2.45, 2.75) is 0 Å². The molecule has 42 valence electrons. The fraction of sp³-hybridized carbons (Fsp3) is 0. The molecule has 0 amide bonds. The zero-order valence-corrected chi connectivity index (χ0v) is 5.72. The molecule has 2 nitrogen and oxygen atoms in total. The molecule has 0 saturated heterocycles. The fourth-order valence-corrected chi connectivity index (χ4v) is 0.712. The summed E-state index contributed by atoms with van der Waals surface area (Å²) in [5, 5.41) is 6.51. The van der Waals surface area contributed by atoms with E-state index in [1.807, 2.05) is 12.1 Å². The van der Waals surface area contributed by atoms with Crippen LogP contribution in [0.5, 0.6) is 0 Å². The van der Waals surface area contributed by atoms with Crippen molar-refractivity contribution in [1.82, 2.24) is 10.2 Å². The molecular weight excluding hydrogens is 168 g/mol. The average Bonchev–Trinajstić information content (AvgIpc) is 2.19. The molecule has 3 heteroatoms. The molecule has 0 unspecified atom stereocenters. The molecule has 0 saturated carbocycles. The van der Waals surface area contributed by atoms with Gasteiger partial charge >= 0.3 is 0 Å². The Balaban J connectivity index is 2.77. The van der Waals surface area contributed by atoms with Crippen molar-refractivity contribution in [3.05, 3.63) is 22.9 Å². The van der Waals surface area contributed by atoms with Gasteiger partial charge in [0.25, 0.3) is 0 Å². The lowest BCUT2D eigenvalue weighted by atomic mass is 10.4. The normalized spacial score (nSPS) is 10.6. The molecule has 1 aromatic rings. The first-order valence-electron chi connectivity index (χ1n) is 2.19. The standard InChI is InChI=1S/C5H5BrN2/c6-3-1-5-2-4-7-8-5/h1-4H,(H,7,8). The molecule has 1 N–H and O–H groups in total. The van der Waals surface area contributed by atoms with Crippen molar-refractivity contribution in [2.75, 3.05) is 0 Å². The minimum Gasteiger partial charge on any atom is -0.278 e. The number of aromatic amines is 1. The molecule has 0 aliphatic heterocycles. The Morgan fingerprint density at radius 1 is 1.75 bits per heavy atom. The molecule has 0 aromatic carbocycles. The first-order chi connectivity index (χ1) is 3.93. The third kappa shape index (κ3) is 1.20. The highest BCUT2D eigenvalue weighted by Gasteiger charge is 1.80. The molecule has 0 radical (unpaired) electrons. The molecule has 0 aliphatic carbocycles. The molecule has 0 aliphatic rings. The Morgan fingerprint density at radius 3 is 3.12 bits per heavy atom. The summed E-state index contributed by atoms with van der Waals surface area (Å²) < 4.78 is 0. The first-order valence-corrected chi connectivity index (χ1v) is 3.11. The van der Waals surface area contributed by atoms with E-state index in [4.69, 9.17) is 0 Å². The van der Waals surface area contributed by atoms with E-state index in [0.29, 0.717) is 0 Å². The van der Waals surface area contributed by atoms with E-state index in [9.17, 15) is 0 Å². The lowest BCUT2D eigenvalue weighted by Gasteiger charge is -1.75. The van der Waals surface area contributed by atoms with Crippen LogP contribution >= 0.6 is 15.9 Å². The molecule has 1 aromatic heterocycles. The third-order valence-corrected chi connectivity index (χ3v) is 1.03. The van der Waals surface area contributed by atoms with Gasteiger partial charge in [-0.15, -0.1) is 0 Å². The Labute approximate surface area is 55.7 Å². The SMILES string of the molecule is BrC=Cc1ccn[nH]1. The summed E-state index contributed by atoms with van der Waals surface area (Å²) in [4.78, 5) is 1.78. The maximum Gasteiger partial charge on any atom is 0.0582 e. The van der Waals surface area contributed by atoms with E-state index in [-0.39, 0.29) is 0 Å². The van der Waals surface area contributed by atoms with Gasteiger partial charge in [-0.25, -0.2) is 0 Å². The summed E-state index contributed by atoms with van der Waals surface area (Å²) in [7, 11) is 0. The van der Waals surface area contributed by atoms with Crippen molar-refractivity contribution >= 4 is 22.0 Å². The van der Waals surface area contributed by atoms with E-state index in [1.54, 1.807) is 11.2 Å². The second-order valence-electron chi connectivity index (χ2n) is 1.30. The van der Waals surface area contributed by atoms with Gasteiger partial charge in [-0.2, -0.15) is 5.10 Å². The Bertz CT molecular complexity index is 167. The van der Waals surface area contributed by atoms with E-state index in [0.717, 1.165) is 5.69 Å². The highest BCUT2D eigenvalue weighted by molar-refractivity contribution is 9.11. The maximum absolute atomic E-state index is 3.74. The monoisotopic (exact) mass is 172 g/mol. The second kappa shape index (κ2) is 2.67.